The summed E-state index contributed by atoms with van der Waals surface area (Å²) < 4.78 is 26.9. The summed E-state index contributed by atoms with van der Waals surface area (Å²) in [6, 6.07) is 11.6. The van der Waals surface area contributed by atoms with E-state index in [9.17, 15) is 13.2 Å². The Morgan fingerprint density at radius 3 is 2.61 bits per heavy atom. The van der Waals surface area contributed by atoms with Crippen LogP contribution in [0, 0.1) is 5.92 Å². The van der Waals surface area contributed by atoms with Crippen molar-refractivity contribution in [2.24, 2.45) is 5.92 Å². The monoisotopic (exact) mass is 484 g/mol. The van der Waals surface area contributed by atoms with Gasteiger partial charge < -0.3 is 5.32 Å². The highest BCUT2D eigenvalue weighted by atomic mass is 32.2. The molecular formula is C24H28N4O3S2. The maximum Gasteiger partial charge on any atom is 0.244 e. The lowest BCUT2D eigenvalue weighted by Gasteiger charge is -2.30. The number of hydrogen-bond donors (Lipinski definition) is 1. The molecule has 2 aromatic heterocycles. The maximum atomic E-state index is 12.8. The Bertz CT molecular complexity index is 1170. The number of sulfonamides is 1. The van der Waals surface area contributed by atoms with Gasteiger partial charge in [0, 0.05) is 42.3 Å². The Morgan fingerprint density at radius 2 is 1.94 bits per heavy atom. The molecule has 1 aliphatic rings. The second kappa shape index (κ2) is 10.5. The van der Waals surface area contributed by atoms with Crippen LogP contribution in [0.4, 0.5) is 5.13 Å². The second-order valence-corrected chi connectivity index (χ2v) is 11.0. The van der Waals surface area contributed by atoms with Crippen LogP contribution in [0.15, 0.2) is 59.1 Å². The van der Waals surface area contributed by atoms with E-state index >= 15 is 0 Å². The average Bonchev–Trinajstić information content (AvgIpc) is 3.32. The van der Waals surface area contributed by atoms with Gasteiger partial charge in [0.05, 0.1) is 5.69 Å². The number of carbonyl (C=O) groups is 1. The molecule has 1 N–H and O–H groups in total. The van der Waals surface area contributed by atoms with E-state index in [-0.39, 0.29) is 16.7 Å². The van der Waals surface area contributed by atoms with Crippen molar-refractivity contribution in [1.82, 2.24) is 14.3 Å². The summed E-state index contributed by atoms with van der Waals surface area (Å²) in [6.07, 6.45) is 7.29. The summed E-state index contributed by atoms with van der Waals surface area (Å²) in [6.45, 7) is 2.80. The molecular weight excluding hydrogens is 456 g/mol. The van der Waals surface area contributed by atoms with Crippen molar-refractivity contribution in [2.75, 3.05) is 18.4 Å². The zero-order valence-electron chi connectivity index (χ0n) is 18.6. The first-order valence-electron chi connectivity index (χ1n) is 11.2. The normalized spacial score (nSPS) is 15.4. The number of hydrogen-bond acceptors (Lipinski definition) is 6. The largest absolute Gasteiger partial charge is 0.302 e. The van der Waals surface area contributed by atoms with Gasteiger partial charge in [-0.3, -0.25) is 9.78 Å². The number of rotatable bonds is 8. The number of thiazole rings is 1. The van der Waals surface area contributed by atoms with Crippen LogP contribution in [0.25, 0.3) is 11.3 Å². The van der Waals surface area contributed by atoms with Crippen molar-refractivity contribution >= 4 is 32.4 Å². The minimum Gasteiger partial charge on any atom is -0.302 e. The lowest BCUT2D eigenvalue weighted by Crippen LogP contribution is -2.41. The van der Waals surface area contributed by atoms with Crippen LogP contribution in [-0.4, -0.2) is 41.7 Å². The standard InChI is InChI=1S/C24H28N4O3S2/c1-2-3-5-18-7-9-19(10-8-18)22-17-32-24(26-22)27-23(29)20-11-14-28(15-12-20)33(30,31)21-6-4-13-25-16-21/h4,6-10,13,16-17,20H,2-3,5,11-12,14-15H2,1H3,(H,26,27,29). The van der Waals surface area contributed by atoms with Gasteiger partial charge in [-0.05, 0) is 43.4 Å². The number of pyridine rings is 1. The number of carbonyl (C=O) groups excluding carboxylic acids is 1. The van der Waals surface area contributed by atoms with Crippen LogP contribution in [0.2, 0.25) is 0 Å². The van der Waals surface area contributed by atoms with Gasteiger partial charge in [0.15, 0.2) is 5.13 Å². The Balaban J connectivity index is 1.32. The van der Waals surface area contributed by atoms with Crippen LogP contribution in [0.5, 0.6) is 0 Å². The number of unbranched alkanes of at least 4 members (excludes halogenated alkanes) is 1. The maximum absolute atomic E-state index is 12.8. The molecule has 1 amide bonds. The van der Waals surface area contributed by atoms with Gasteiger partial charge in [0.2, 0.25) is 15.9 Å². The summed E-state index contributed by atoms with van der Waals surface area (Å²) in [5.41, 5.74) is 3.19. The third-order valence-corrected chi connectivity index (χ3v) is 8.54. The zero-order valence-corrected chi connectivity index (χ0v) is 20.2. The Kier molecular flexibility index (Phi) is 7.52. The van der Waals surface area contributed by atoms with Crippen molar-refractivity contribution in [3.63, 3.8) is 0 Å². The van der Waals surface area contributed by atoms with E-state index in [1.165, 1.54) is 40.2 Å². The summed E-state index contributed by atoms with van der Waals surface area (Å²) in [5, 5.41) is 5.43. The molecule has 174 valence electrons. The molecule has 1 fully saturated rings. The molecule has 4 rings (SSSR count). The fraction of sp³-hybridized carbons (Fsp3) is 0.375. The number of anilines is 1. The lowest BCUT2D eigenvalue weighted by atomic mass is 9.97. The van der Waals surface area contributed by atoms with E-state index in [1.54, 1.807) is 18.3 Å². The molecule has 0 atom stereocenters. The third-order valence-electron chi connectivity index (χ3n) is 5.90. The topological polar surface area (TPSA) is 92.3 Å². The van der Waals surface area contributed by atoms with E-state index in [4.69, 9.17) is 0 Å². The van der Waals surface area contributed by atoms with Gasteiger partial charge >= 0.3 is 0 Å². The molecule has 0 bridgehead atoms. The number of aromatic nitrogens is 2. The molecule has 0 aliphatic carbocycles. The van der Waals surface area contributed by atoms with E-state index < -0.39 is 10.0 Å². The fourth-order valence-electron chi connectivity index (χ4n) is 3.90. The smallest absolute Gasteiger partial charge is 0.244 e. The van der Waals surface area contributed by atoms with Gasteiger partial charge in [-0.15, -0.1) is 11.3 Å². The van der Waals surface area contributed by atoms with Crippen LogP contribution < -0.4 is 5.32 Å². The first-order valence-corrected chi connectivity index (χ1v) is 13.5. The first-order chi connectivity index (χ1) is 16.0. The number of aryl methyl sites for hydroxylation is 1. The van der Waals surface area contributed by atoms with Crippen LogP contribution >= 0.6 is 11.3 Å². The fourth-order valence-corrected chi connectivity index (χ4v) is 6.06. The van der Waals surface area contributed by atoms with Gasteiger partial charge in [-0.25, -0.2) is 13.4 Å². The first kappa shape index (κ1) is 23.5. The van der Waals surface area contributed by atoms with E-state index in [2.05, 4.69) is 46.5 Å². The molecule has 7 nitrogen and oxygen atoms in total. The Morgan fingerprint density at radius 1 is 1.18 bits per heavy atom. The van der Waals surface area contributed by atoms with Crippen LogP contribution in [0.1, 0.15) is 38.2 Å². The SMILES string of the molecule is CCCCc1ccc(-c2csc(NC(=O)C3CCN(S(=O)(=O)c4cccnc4)CC3)n2)cc1. The highest BCUT2D eigenvalue weighted by Gasteiger charge is 2.32. The minimum atomic E-state index is -3.58. The van der Waals surface area contributed by atoms with Crippen LogP contribution in [-0.2, 0) is 21.2 Å². The summed E-state index contributed by atoms with van der Waals surface area (Å²) in [4.78, 5) is 21.4. The summed E-state index contributed by atoms with van der Waals surface area (Å²) in [5.74, 6) is -0.347. The molecule has 1 saturated heterocycles. The minimum absolute atomic E-state index is 0.107. The quantitative estimate of drug-likeness (QED) is 0.505. The average molecular weight is 485 g/mol. The van der Waals surface area contributed by atoms with E-state index in [0.29, 0.717) is 31.1 Å². The zero-order chi connectivity index (χ0) is 23.3. The molecule has 33 heavy (non-hydrogen) atoms. The predicted octanol–water partition coefficient (Wildman–Crippen LogP) is 4.59. The molecule has 0 unspecified atom stereocenters. The lowest BCUT2D eigenvalue weighted by molar-refractivity contribution is -0.120. The Labute approximate surface area is 199 Å². The number of amides is 1. The molecule has 0 saturated carbocycles. The van der Waals surface area contributed by atoms with Gasteiger partial charge in [0.1, 0.15) is 4.90 Å². The van der Waals surface area contributed by atoms with Gasteiger partial charge in [0.25, 0.3) is 0 Å². The van der Waals surface area contributed by atoms with E-state index in [1.807, 2.05) is 5.38 Å². The molecule has 0 spiro atoms. The highest BCUT2D eigenvalue weighted by Crippen LogP contribution is 2.28. The van der Waals surface area contributed by atoms with Crippen molar-refractivity contribution in [3.05, 3.63) is 59.7 Å². The Hall–Kier alpha value is -2.62. The van der Waals surface area contributed by atoms with Crippen LogP contribution in [0.3, 0.4) is 0 Å². The highest BCUT2D eigenvalue weighted by molar-refractivity contribution is 7.89. The van der Waals surface area contributed by atoms with Crippen molar-refractivity contribution in [3.8, 4) is 11.3 Å². The molecule has 1 aliphatic heterocycles. The summed E-state index contributed by atoms with van der Waals surface area (Å²) >= 11 is 1.40. The second-order valence-electron chi connectivity index (χ2n) is 8.19. The summed E-state index contributed by atoms with van der Waals surface area (Å²) in [7, 11) is -3.58. The third kappa shape index (κ3) is 5.66. The molecule has 3 heterocycles. The van der Waals surface area contributed by atoms with Gasteiger partial charge in [-0.1, -0.05) is 37.6 Å². The van der Waals surface area contributed by atoms with Crippen molar-refractivity contribution < 1.29 is 13.2 Å². The number of benzene rings is 1. The molecule has 3 aromatic rings. The van der Waals surface area contributed by atoms with Gasteiger partial charge in [-0.2, -0.15) is 4.31 Å². The predicted molar refractivity (Wildman–Crippen MR) is 131 cm³/mol. The van der Waals surface area contributed by atoms with Crippen molar-refractivity contribution in [2.45, 2.75) is 43.9 Å². The number of piperidine rings is 1. The number of nitrogens with one attached hydrogen (secondary N) is 1. The number of nitrogens with zero attached hydrogens (tertiary/aromatic N) is 3. The van der Waals surface area contributed by atoms with Crippen molar-refractivity contribution in [1.29, 1.82) is 0 Å². The van der Waals surface area contributed by atoms with E-state index in [0.717, 1.165) is 17.7 Å². The molecule has 1 aromatic carbocycles. The molecule has 0 radical (unpaired) electrons. The molecule has 9 heteroatoms.